The third-order valence-corrected chi connectivity index (χ3v) is 6.43. The van der Waals surface area contributed by atoms with Crippen molar-refractivity contribution in [1.29, 1.82) is 0 Å². The second kappa shape index (κ2) is 7.48. The molecule has 1 aliphatic heterocycles. The zero-order chi connectivity index (χ0) is 17.9. The maximum atomic E-state index is 5.50. The molecule has 132 valence electrons. The molecule has 1 unspecified atom stereocenters. The van der Waals surface area contributed by atoms with Crippen LogP contribution >= 0.6 is 23.1 Å². The van der Waals surface area contributed by atoms with Gasteiger partial charge in [0.25, 0.3) is 0 Å². The van der Waals surface area contributed by atoms with Gasteiger partial charge in [-0.05, 0) is 47.4 Å². The van der Waals surface area contributed by atoms with Gasteiger partial charge in [0.15, 0.2) is 11.5 Å². The van der Waals surface area contributed by atoms with E-state index in [0.29, 0.717) is 0 Å². The zero-order valence-corrected chi connectivity index (χ0v) is 16.2. The Morgan fingerprint density at radius 2 is 1.77 bits per heavy atom. The Morgan fingerprint density at radius 1 is 0.923 bits per heavy atom. The molecule has 3 nitrogen and oxygen atoms in total. The second-order valence-electron chi connectivity index (χ2n) is 5.83. The summed E-state index contributed by atoms with van der Waals surface area (Å²) in [7, 11) is 3.33. The number of methoxy groups -OCH3 is 2. The molecular formula is C21H19NO2S2. The topological polar surface area (TPSA) is 30.5 Å². The third kappa shape index (κ3) is 3.32. The maximum absolute atomic E-state index is 5.50. The first-order valence-electron chi connectivity index (χ1n) is 8.29. The molecule has 0 aliphatic carbocycles. The van der Waals surface area contributed by atoms with Crippen molar-refractivity contribution >= 4 is 34.5 Å². The Morgan fingerprint density at radius 3 is 2.54 bits per heavy atom. The van der Waals surface area contributed by atoms with Gasteiger partial charge in [-0.3, -0.25) is 0 Å². The molecule has 2 aromatic carbocycles. The summed E-state index contributed by atoms with van der Waals surface area (Å²) in [5, 5.41) is 5.88. The Kier molecular flexibility index (Phi) is 4.91. The summed E-state index contributed by atoms with van der Waals surface area (Å²) in [6, 6.07) is 18.8. The number of para-hydroxylation sites is 1. The number of ether oxygens (including phenoxy) is 2. The van der Waals surface area contributed by atoms with Crippen molar-refractivity contribution in [3.63, 3.8) is 0 Å². The van der Waals surface area contributed by atoms with Crippen LogP contribution < -0.4 is 14.8 Å². The van der Waals surface area contributed by atoms with Crippen LogP contribution in [-0.4, -0.2) is 14.2 Å². The van der Waals surface area contributed by atoms with Crippen LogP contribution in [0.25, 0.3) is 5.70 Å². The standard InChI is InChI=1S/C21H19NO2S2/c1-23-17-10-9-14(12-18(17)24-2)21-13-16(19-8-5-11-25-19)22-15-6-3-4-7-20(15)26-21/h3-13,21-22H,1-2H3. The van der Waals surface area contributed by atoms with E-state index in [1.807, 2.05) is 17.8 Å². The summed E-state index contributed by atoms with van der Waals surface area (Å²) in [6.07, 6.45) is 2.29. The molecule has 5 heteroatoms. The lowest BCUT2D eigenvalue weighted by molar-refractivity contribution is 0.354. The number of thioether (sulfide) groups is 1. The number of hydrogen-bond donors (Lipinski definition) is 1. The normalized spacial score (nSPS) is 16.1. The Bertz CT molecular complexity index is 935. The van der Waals surface area contributed by atoms with E-state index < -0.39 is 0 Å². The Balaban J connectivity index is 1.80. The van der Waals surface area contributed by atoms with Gasteiger partial charge in [-0.2, -0.15) is 0 Å². The predicted octanol–water partition coefficient (Wildman–Crippen LogP) is 6.07. The first-order valence-corrected chi connectivity index (χ1v) is 10.0. The fourth-order valence-electron chi connectivity index (χ4n) is 2.95. The molecule has 0 saturated carbocycles. The van der Waals surface area contributed by atoms with E-state index in [0.717, 1.165) is 22.9 Å². The quantitative estimate of drug-likeness (QED) is 0.594. The molecule has 3 aromatic rings. The Hall–Kier alpha value is -2.37. The molecule has 0 amide bonds. The van der Waals surface area contributed by atoms with Crippen molar-refractivity contribution in [1.82, 2.24) is 0 Å². The third-order valence-electron chi connectivity index (χ3n) is 4.25. The van der Waals surface area contributed by atoms with Crippen LogP contribution in [0.3, 0.4) is 0 Å². The van der Waals surface area contributed by atoms with Crippen molar-refractivity contribution in [2.24, 2.45) is 0 Å². The minimum atomic E-state index is 0.169. The van der Waals surface area contributed by atoms with Crippen LogP contribution in [0, 0.1) is 0 Å². The van der Waals surface area contributed by atoms with Gasteiger partial charge in [-0.15, -0.1) is 23.1 Å². The largest absolute Gasteiger partial charge is 0.493 e. The van der Waals surface area contributed by atoms with Crippen LogP contribution in [0.1, 0.15) is 15.7 Å². The van der Waals surface area contributed by atoms with Crippen LogP contribution in [0.4, 0.5) is 5.69 Å². The second-order valence-corrected chi connectivity index (χ2v) is 7.96. The summed E-state index contributed by atoms with van der Waals surface area (Å²) < 4.78 is 10.9. The summed E-state index contributed by atoms with van der Waals surface area (Å²) in [5.74, 6) is 1.50. The predicted molar refractivity (Wildman–Crippen MR) is 111 cm³/mol. The van der Waals surface area contributed by atoms with Crippen molar-refractivity contribution in [2.45, 2.75) is 10.1 Å². The van der Waals surface area contributed by atoms with Crippen molar-refractivity contribution in [3.8, 4) is 11.5 Å². The highest BCUT2D eigenvalue weighted by atomic mass is 32.2. The van der Waals surface area contributed by atoms with Crippen LogP contribution in [0.5, 0.6) is 11.5 Å². The fraction of sp³-hybridized carbons (Fsp3) is 0.143. The summed E-state index contributed by atoms with van der Waals surface area (Å²) in [6.45, 7) is 0. The number of benzene rings is 2. The van der Waals surface area contributed by atoms with Crippen LogP contribution in [0.15, 0.2) is 70.9 Å². The molecule has 26 heavy (non-hydrogen) atoms. The number of thiophene rings is 1. The molecule has 2 heterocycles. The smallest absolute Gasteiger partial charge is 0.161 e. The van der Waals surface area contributed by atoms with Gasteiger partial charge >= 0.3 is 0 Å². The average Bonchev–Trinajstić information content (AvgIpc) is 3.15. The average molecular weight is 382 g/mol. The molecule has 1 aliphatic rings. The lowest BCUT2D eigenvalue weighted by Crippen LogP contribution is -1.98. The maximum Gasteiger partial charge on any atom is 0.161 e. The van der Waals surface area contributed by atoms with Crippen molar-refractivity contribution in [2.75, 3.05) is 19.5 Å². The minimum absolute atomic E-state index is 0.169. The first-order chi connectivity index (χ1) is 12.8. The molecule has 1 N–H and O–H groups in total. The first kappa shape index (κ1) is 17.1. The highest BCUT2D eigenvalue weighted by Crippen LogP contribution is 2.46. The van der Waals surface area contributed by atoms with Gasteiger partial charge in [0.05, 0.1) is 35.7 Å². The van der Waals surface area contributed by atoms with Crippen LogP contribution in [0.2, 0.25) is 0 Å². The van der Waals surface area contributed by atoms with Gasteiger partial charge in [0.2, 0.25) is 0 Å². The van der Waals surface area contributed by atoms with E-state index in [9.17, 15) is 0 Å². The lowest BCUT2D eigenvalue weighted by atomic mass is 10.1. The van der Waals surface area contributed by atoms with Gasteiger partial charge in [0.1, 0.15) is 0 Å². The van der Waals surface area contributed by atoms with E-state index in [-0.39, 0.29) is 5.25 Å². The molecule has 0 spiro atoms. The number of hydrogen-bond acceptors (Lipinski definition) is 5. The Labute approximate surface area is 161 Å². The molecule has 1 atom stereocenters. The molecule has 0 saturated heterocycles. The van der Waals surface area contributed by atoms with E-state index in [4.69, 9.17) is 9.47 Å². The lowest BCUT2D eigenvalue weighted by Gasteiger charge is -2.15. The van der Waals surface area contributed by atoms with Gasteiger partial charge in [-0.1, -0.05) is 24.3 Å². The number of fused-ring (bicyclic) bond motifs is 1. The van der Waals surface area contributed by atoms with Gasteiger partial charge in [0, 0.05) is 4.90 Å². The molecule has 0 radical (unpaired) electrons. The van der Waals surface area contributed by atoms with Gasteiger partial charge < -0.3 is 14.8 Å². The van der Waals surface area contributed by atoms with Crippen molar-refractivity contribution in [3.05, 3.63) is 76.5 Å². The van der Waals surface area contributed by atoms with E-state index in [1.165, 1.54) is 15.3 Å². The van der Waals surface area contributed by atoms with E-state index >= 15 is 0 Å². The van der Waals surface area contributed by atoms with E-state index in [1.54, 1.807) is 25.6 Å². The molecular weight excluding hydrogens is 362 g/mol. The van der Waals surface area contributed by atoms with Gasteiger partial charge in [-0.25, -0.2) is 0 Å². The highest BCUT2D eigenvalue weighted by Gasteiger charge is 2.21. The molecule has 1 aromatic heterocycles. The monoisotopic (exact) mass is 381 g/mol. The minimum Gasteiger partial charge on any atom is -0.493 e. The molecule has 0 fully saturated rings. The van der Waals surface area contributed by atoms with E-state index in [2.05, 4.69) is 65.3 Å². The molecule has 0 bridgehead atoms. The molecule has 4 rings (SSSR count). The fourth-order valence-corrected chi connectivity index (χ4v) is 4.82. The SMILES string of the molecule is COc1ccc(C2C=C(c3cccs3)Nc3ccccc3S2)cc1OC. The zero-order valence-electron chi connectivity index (χ0n) is 14.6. The number of rotatable bonds is 4. The van der Waals surface area contributed by atoms with Crippen molar-refractivity contribution < 1.29 is 9.47 Å². The summed E-state index contributed by atoms with van der Waals surface area (Å²) in [5.41, 5.74) is 3.46. The summed E-state index contributed by atoms with van der Waals surface area (Å²) >= 11 is 3.57. The van der Waals surface area contributed by atoms with Crippen LogP contribution in [-0.2, 0) is 0 Å². The number of anilines is 1. The summed E-state index contributed by atoms with van der Waals surface area (Å²) in [4.78, 5) is 2.46. The highest BCUT2D eigenvalue weighted by molar-refractivity contribution is 7.99. The number of nitrogens with one attached hydrogen (secondary N) is 1.